The number of hydrogen-bond donors (Lipinski definition) is 2. The molecule has 0 radical (unpaired) electrons. The number of aromatic amines is 1. The van der Waals surface area contributed by atoms with Gasteiger partial charge in [0.1, 0.15) is 5.75 Å². The second-order valence-electron chi connectivity index (χ2n) is 8.19. The van der Waals surface area contributed by atoms with Crippen molar-refractivity contribution in [3.8, 4) is 17.0 Å². The Hall–Kier alpha value is -2.75. The molecule has 2 N–H and O–H groups in total. The molecule has 0 aliphatic carbocycles. The van der Waals surface area contributed by atoms with Crippen molar-refractivity contribution >= 4 is 16.8 Å². The molecule has 0 saturated carbocycles. The fourth-order valence-corrected chi connectivity index (χ4v) is 3.70. The second kappa shape index (κ2) is 9.64. The molecule has 4 nitrogen and oxygen atoms in total. The Labute approximate surface area is 173 Å². The zero-order chi connectivity index (χ0) is 20.8. The van der Waals surface area contributed by atoms with Gasteiger partial charge in [-0.2, -0.15) is 0 Å². The Morgan fingerprint density at radius 2 is 1.76 bits per heavy atom. The van der Waals surface area contributed by atoms with E-state index < -0.39 is 0 Å². The molecule has 3 aromatic rings. The van der Waals surface area contributed by atoms with Gasteiger partial charge < -0.3 is 15.0 Å². The van der Waals surface area contributed by atoms with Gasteiger partial charge in [0.15, 0.2) is 0 Å². The predicted octanol–water partition coefficient (Wildman–Crippen LogP) is 5.72. The summed E-state index contributed by atoms with van der Waals surface area (Å²) in [6.07, 6.45) is 3.34. The Balaban J connectivity index is 1.76. The number of para-hydroxylation sites is 1. The van der Waals surface area contributed by atoms with E-state index in [4.69, 9.17) is 4.74 Å². The first kappa shape index (κ1) is 21.0. The van der Waals surface area contributed by atoms with Gasteiger partial charge in [-0.05, 0) is 73.6 Å². The largest absolute Gasteiger partial charge is 0.497 e. The third-order valence-electron chi connectivity index (χ3n) is 5.38. The molecule has 1 unspecified atom stereocenters. The third kappa shape index (κ3) is 5.41. The normalized spacial score (nSPS) is 12.3. The van der Waals surface area contributed by atoms with Crippen LogP contribution in [0, 0.1) is 5.92 Å². The number of amides is 1. The Morgan fingerprint density at radius 3 is 2.45 bits per heavy atom. The molecular weight excluding hydrogens is 360 g/mol. The number of ether oxygens (including phenoxy) is 1. The lowest BCUT2D eigenvalue weighted by Crippen LogP contribution is -2.32. The highest BCUT2D eigenvalue weighted by molar-refractivity contribution is 5.91. The van der Waals surface area contributed by atoms with Crippen molar-refractivity contribution in [2.24, 2.45) is 5.92 Å². The predicted molar refractivity (Wildman–Crippen MR) is 120 cm³/mol. The van der Waals surface area contributed by atoms with E-state index in [0.29, 0.717) is 18.8 Å². The summed E-state index contributed by atoms with van der Waals surface area (Å²) >= 11 is 0. The molecular formula is C25H32N2O2. The zero-order valence-corrected chi connectivity index (χ0v) is 17.9. The van der Waals surface area contributed by atoms with Crippen molar-refractivity contribution in [2.75, 3.05) is 7.11 Å². The Kier molecular flexibility index (Phi) is 6.97. The van der Waals surface area contributed by atoms with Crippen LogP contribution in [-0.2, 0) is 11.2 Å². The summed E-state index contributed by atoms with van der Waals surface area (Å²) in [6, 6.07) is 16.5. The first-order valence-corrected chi connectivity index (χ1v) is 10.5. The number of hydrogen-bond acceptors (Lipinski definition) is 2. The van der Waals surface area contributed by atoms with Gasteiger partial charge in [-0.3, -0.25) is 4.79 Å². The monoisotopic (exact) mass is 392 g/mol. The molecule has 0 aliphatic rings. The molecule has 3 rings (SSSR count). The standard InChI is InChI=1S/C25H32N2O2/c1-17(2)9-10-18(3)26-24(28)16-15-22-21-7-5-6-8-23(21)27-25(22)19-11-13-20(29-4)14-12-19/h5-8,11-14,17-18,27H,9-10,15-16H2,1-4H3,(H,26,28). The highest BCUT2D eigenvalue weighted by Gasteiger charge is 2.15. The first-order valence-electron chi connectivity index (χ1n) is 10.5. The second-order valence-corrected chi connectivity index (χ2v) is 8.19. The third-order valence-corrected chi connectivity index (χ3v) is 5.38. The molecule has 0 aliphatic heterocycles. The number of carbonyl (C=O) groups is 1. The van der Waals surface area contributed by atoms with Gasteiger partial charge in [0.2, 0.25) is 5.91 Å². The minimum Gasteiger partial charge on any atom is -0.497 e. The maximum atomic E-state index is 12.5. The van der Waals surface area contributed by atoms with Crippen LogP contribution in [0.15, 0.2) is 48.5 Å². The Bertz CT molecular complexity index is 941. The number of methoxy groups -OCH3 is 1. The maximum absolute atomic E-state index is 12.5. The molecule has 4 heteroatoms. The minimum absolute atomic E-state index is 0.118. The zero-order valence-electron chi connectivity index (χ0n) is 17.9. The number of rotatable bonds is 9. The summed E-state index contributed by atoms with van der Waals surface area (Å²) in [5.41, 5.74) is 4.46. The number of aryl methyl sites for hydroxylation is 1. The minimum atomic E-state index is 0.118. The van der Waals surface area contributed by atoms with E-state index in [2.05, 4.69) is 55.3 Å². The van der Waals surface area contributed by atoms with Crippen LogP contribution in [0.4, 0.5) is 0 Å². The number of carbonyl (C=O) groups excluding carboxylic acids is 1. The van der Waals surface area contributed by atoms with Crippen LogP contribution in [0.5, 0.6) is 5.75 Å². The van der Waals surface area contributed by atoms with Crippen LogP contribution in [0.25, 0.3) is 22.2 Å². The number of H-pyrrole nitrogens is 1. The lowest BCUT2D eigenvalue weighted by Gasteiger charge is -2.15. The average molecular weight is 393 g/mol. The number of benzene rings is 2. The molecule has 29 heavy (non-hydrogen) atoms. The van der Waals surface area contributed by atoms with Gasteiger partial charge in [-0.15, -0.1) is 0 Å². The quantitative estimate of drug-likeness (QED) is 0.489. The molecule has 0 spiro atoms. The van der Waals surface area contributed by atoms with E-state index in [1.165, 1.54) is 10.9 Å². The van der Waals surface area contributed by atoms with Crippen molar-refractivity contribution in [3.63, 3.8) is 0 Å². The first-order chi connectivity index (χ1) is 14.0. The fraction of sp³-hybridized carbons (Fsp3) is 0.400. The molecule has 1 heterocycles. The lowest BCUT2D eigenvalue weighted by atomic mass is 10.0. The van der Waals surface area contributed by atoms with E-state index in [0.717, 1.165) is 35.4 Å². The summed E-state index contributed by atoms with van der Waals surface area (Å²) in [4.78, 5) is 16.1. The van der Waals surface area contributed by atoms with Crippen LogP contribution < -0.4 is 10.1 Å². The molecule has 1 atom stereocenters. The molecule has 0 bridgehead atoms. The van der Waals surface area contributed by atoms with Crippen LogP contribution in [0.2, 0.25) is 0 Å². The van der Waals surface area contributed by atoms with Gasteiger partial charge in [-0.25, -0.2) is 0 Å². The summed E-state index contributed by atoms with van der Waals surface area (Å²) in [5, 5.41) is 4.33. The summed E-state index contributed by atoms with van der Waals surface area (Å²) in [7, 11) is 1.67. The Morgan fingerprint density at radius 1 is 1.03 bits per heavy atom. The van der Waals surface area contributed by atoms with Gasteiger partial charge in [0.05, 0.1) is 7.11 Å². The highest BCUT2D eigenvalue weighted by atomic mass is 16.5. The van der Waals surface area contributed by atoms with Crippen molar-refractivity contribution in [1.29, 1.82) is 0 Å². The van der Waals surface area contributed by atoms with Crippen molar-refractivity contribution in [1.82, 2.24) is 10.3 Å². The highest BCUT2D eigenvalue weighted by Crippen LogP contribution is 2.32. The van der Waals surface area contributed by atoms with Crippen LogP contribution in [0.1, 0.15) is 45.6 Å². The molecule has 1 aromatic heterocycles. The van der Waals surface area contributed by atoms with Gasteiger partial charge in [0, 0.05) is 29.1 Å². The number of nitrogens with one attached hydrogen (secondary N) is 2. The van der Waals surface area contributed by atoms with Crippen molar-refractivity contribution in [2.45, 2.75) is 52.5 Å². The van der Waals surface area contributed by atoms with Crippen LogP contribution in [0.3, 0.4) is 0 Å². The topological polar surface area (TPSA) is 54.1 Å². The van der Waals surface area contributed by atoms with Gasteiger partial charge in [0.25, 0.3) is 0 Å². The van der Waals surface area contributed by atoms with Gasteiger partial charge in [-0.1, -0.05) is 32.0 Å². The average Bonchev–Trinajstić information content (AvgIpc) is 3.09. The van der Waals surface area contributed by atoms with Gasteiger partial charge >= 0.3 is 0 Å². The summed E-state index contributed by atoms with van der Waals surface area (Å²) in [6.45, 7) is 6.52. The van der Waals surface area contributed by atoms with E-state index in [1.54, 1.807) is 7.11 Å². The van der Waals surface area contributed by atoms with E-state index >= 15 is 0 Å². The molecule has 0 saturated heterocycles. The van der Waals surface area contributed by atoms with E-state index in [-0.39, 0.29) is 11.9 Å². The van der Waals surface area contributed by atoms with Crippen LogP contribution in [-0.4, -0.2) is 24.0 Å². The summed E-state index contributed by atoms with van der Waals surface area (Å²) < 4.78 is 5.28. The van der Waals surface area contributed by atoms with Crippen LogP contribution >= 0.6 is 0 Å². The van der Waals surface area contributed by atoms with E-state index in [1.807, 2.05) is 24.3 Å². The molecule has 0 fully saturated rings. The van der Waals surface area contributed by atoms with E-state index in [9.17, 15) is 4.79 Å². The fourth-order valence-electron chi connectivity index (χ4n) is 3.70. The van der Waals surface area contributed by atoms with Crippen molar-refractivity contribution in [3.05, 3.63) is 54.1 Å². The molecule has 2 aromatic carbocycles. The lowest BCUT2D eigenvalue weighted by molar-refractivity contribution is -0.121. The molecule has 1 amide bonds. The number of fused-ring (bicyclic) bond motifs is 1. The maximum Gasteiger partial charge on any atom is 0.220 e. The molecule has 154 valence electrons. The summed E-state index contributed by atoms with van der Waals surface area (Å²) in [5.74, 6) is 1.61. The number of aromatic nitrogens is 1. The smallest absolute Gasteiger partial charge is 0.220 e. The SMILES string of the molecule is COc1ccc(-c2[nH]c3ccccc3c2CCC(=O)NC(C)CCC(C)C)cc1. The van der Waals surface area contributed by atoms with Crippen molar-refractivity contribution < 1.29 is 9.53 Å².